The van der Waals surface area contributed by atoms with Crippen molar-refractivity contribution in [3.05, 3.63) is 23.7 Å². The molecule has 0 fully saturated rings. The molecule has 4 nitrogen and oxygen atoms in total. The molecule has 1 aromatic carbocycles. The van der Waals surface area contributed by atoms with Crippen molar-refractivity contribution in [3.8, 4) is 0 Å². The van der Waals surface area contributed by atoms with Crippen LogP contribution >= 0.6 is 24.0 Å². The summed E-state index contributed by atoms with van der Waals surface area (Å²) in [5, 5.41) is 9.35. The number of thiol groups is 1. The highest BCUT2D eigenvalue weighted by molar-refractivity contribution is 7.80. The van der Waals surface area contributed by atoms with Crippen LogP contribution in [0.2, 0.25) is 0 Å². The van der Waals surface area contributed by atoms with Crippen LogP contribution in [0.1, 0.15) is 0 Å². The van der Waals surface area contributed by atoms with Crippen LogP contribution in [-0.2, 0) is 0 Å². The SMILES string of the molecule is CNc1c(S)ccc(N(C)C)c1Nc1nccs1. The molecule has 0 aliphatic carbocycles. The minimum absolute atomic E-state index is 0.869. The van der Waals surface area contributed by atoms with Crippen LogP contribution in [0.5, 0.6) is 0 Å². The van der Waals surface area contributed by atoms with Gasteiger partial charge in [-0.15, -0.1) is 24.0 Å². The topological polar surface area (TPSA) is 40.2 Å². The van der Waals surface area contributed by atoms with Gasteiger partial charge in [0.05, 0.1) is 17.1 Å². The van der Waals surface area contributed by atoms with Gasteiger partial charge in [-0.05, 0) is 12.1 Å². The van der Waals surface area contributed by atoms with Gasteiger partial charge in [-0.25, -0.2) is 4.98 Å². The maximum atomic E-state index is 4.48. The Morgan fingerprint density at radius 1 is 1.28 bits per heavy atom. The summed E-state index contributed by atoms with van der Waals surface area (Å²) < 4.78 is 0. The van der Waals surface area contributed by atoms with Crippen molar-refractivity contribution in [1.29, 1.82) is 0 Å². The standard InChI is InChI=1S/C12H16N4S2/c1-13-11-9(17)5-4-8(16(2)3)10(11)15-12-14-6-7-18-12/h4-7,13,17H,1-3H3,(H,14,15). The molecule has 0 amide bonds. The van der Waals surface area contributed by atoms with Gasteiger partial charge in [0.2, 0.25) is 0 Å². The lowest BCUT2D eigenvalue weighted by molar-refractivity contribution is 1.13. The van der Waals surface area contributed by atoms with Gasteiger partial charge in [0.15, 0.2) is 5.13 Å². The Labute approximate surface area is 116 Å². The molecule has 0 saturated heterocycles. The number of hydrogen-bond donors (Lipinski definition) is 3. The van der Waals surface area contributed by atoms with Crippen LogP contribution < -0.4 is 15.5 Å². The van der Waals surface area contributed by atoms with Gasteiger partial charge in [-0.2, -0.15) is 0 Å². The number of nitrogens with zero attached hydrogens (tertiary/aromatic N) is 2. The maximum absolute atomic E-state index is 4.48. The van der Waals surface area contributed by atoms with Gasteiger partial charge in [0, 0.05) is 37.6 Å². The number of thiazole rings is 1. The van der Waals surface area contributed by atoms with Crippen molar-refractivity contribution in [1.82, 2.24) is 4.98 Å². The van der Waals surface area contributed by atoms with Crippen molar-refractivity contribution >= 4 is 46.2 Å². The van der Waals surface area contributed by atoms with E-state index in [1.54, 1.807) is 17.5 Å². The zero-order valence-corrected chi connectivity index (χ0v) is 12.3. The molecule has 0 spiro atoms. The first-order valence-electron chi connectivity index (χ1n) is 5.51. The van der Waals surface area contributed by atoms with E-state index < -0.39 is 0 Å². The van der Waals surface area contributed by atoms with Crippen LogP contribution in [0.15, 0.2) is 28.6 Å². The third-order valence-corrected chi connectivity index (χ3v) is 3.62. The number of aromatic nitrogens is 1. The molecular formula is C12H16N4S2. The van der Waals surface area contributed by atoms with E-state index >= 15 is 0 Å². The van der Waals surface area contributed by atoms with Gasteiger partial charge >= 0.3 is 0 Å². The fraction of sp³-hybridized carbons (Fsp3) is 0.250. The molecule has 0 unspecified atom stereocenters. The fourth-order valence-electron chi connectivity index (χ4n) is 1.73. The molecule has 0 radical (unpaired) electrons. The van der Waals surface area contributed by atoms with E-state index in [1.165, 1.54) is 0 Å². The maximum Gasteiger partial charge on any atom is 0.187 e. The molecule has 2 rings (SSSR count). The van der Waals surface area contributed by atoms with Crippen LogP contribution in [0.3, 0.4) is 0 Å². The molecule has 2 N–H and O–H groups in total. The molecule has 0 aliphatic heterocycles. The van der Waals surface area contributed by atoms with E-state index in [0.717, 1.165) is 27.1 Å². The summed E-state index contributed by atoms with van der Waals surface area (Å²) in [6, 6.07) is 4.02. The number of hydrogen-bond acceptors (Lipinski definition) is 6. The fourth-order valence-corrected chi connectivity index (χ4v) is 2.56. The van der Waals surface area contributed by atoms with Crippen molar-refractivity contribution in [2.75, 3.05) is 36.7 Å². The summed E-state index contributed by atoms with van der Waals surface area (Å²) in [6.45, 7) is 0. The molecule has 1 heterocycles. The lowest BCUT2D eigenvalue weighted by Crippen LogP contribution is -2.12. The van der Waals surface area contributed by atoms with Crippen molar-refractivity contribution < 1.29 is 0 Å². The molecule has 1 aromatic heterocycles. The third kappa shape index (κ3) is 2.54. The Bertz CT molecular complexity index is 523. The highest BCUT2D eigenvalue weighted by Gasteiger charge is 2.13. The van der Waals surface area contributed by atoms with Gasteiger partial charge < -0.3 is 15.5 Å². The molecule has 0 bridgehead atoms. The Morgan fingerprint density at radius 3 is 2.61 bits per heavy atom. The lowest BCUT2D eigenvalue weighted by atomic mass is 10.2. The zero-order chi connectivity index (χ0) is 13.1. The summed E-state index contributed by atoms with van der Waals surface area (Å²) in [6.07, 6.45) is 1.78. The first-order chi connectivity index (χ1) is 8.63. The zero-order valence-electron chi connectivity index (χ0n) is 10.6. The van der Waals surface area contributed by atoms with Crippen LogP contribution in [0, 0.1) is 0 Å². The number of anilines is 4. The quantitative estimate of drug-likeness (QED) is 0.752. The monoisotopic (exact) mass is 280 g/mol. The Kier molecular flexibility index (Phi) is 3.98. The number of benzene rings is 1. The van der Waals surface area contributed by atoms with Crippen molar-refractivity contribution in [2.24, 2.45) is 0 Å². The highest BCUT2D eigenvalue weighted by atomic mass is 32.1. The minimum Gasteiger partial charge on any atom is -0.385 e. The first-order valence-corrected chi connectivity index (χ1v) is 6.83. The molecular weight excluding hydrogens is 264 g/mol. The van der Waals surface area contributed by atoms with E-state index in [4.69, 9.17) is 0 Å². The van der Waals surface area contributed by atoms with Crippen molar-refractivity contribution in [3.63, 3.8) is 0 Å². The van der Waals surface area contributed by atoms with Gasteiger partial charge in [-0.1, -0.05) is 0 Å². The molecule has 18 heavy (non-hydrogen) atoms. The van der Waals surface area contributed by atoms with E-state index in [9.17, 15) is 0 Å². The molecule has 0 saturated carbocycles. The summed E-state index contributed by atoms with van der Waals surface area (Å²) in [4.78, 5) is 7.22. The Balaban J connectivity index is 2.50. The second-order valence-electron chi connectivity index (χ2n) is 3.96. The molecule has 96 valence electrons. The first kappa shape index (κ1) is 13.0. The van der Waals surface area contributed by atoms with E-state index in [0.29, 0.717) is 0 Å². The summed E-state index contributed by atoms with van der Waals surface area (Å²) >= 11 is 6.05. The molecule has 2 aromatic rings. The lowest BCUT2D eigenvalue weighted by Gasteiger charge is -2.21. The third-order valence-electron chi connectivity index (χ3n) is 2.56. The van der Waals surface area contributed by atoms with Gasteiger partial charge in [0.1, 0.15) is 0 Å². The van der Waals surface area contributed by atoms with Crippen LogP contribution in [0.25, 0.3) is 0 Å². The van der Waals surface area contributed by atoms with Gasteiger partial charge in [-0.3, -0.25) is 0 Å². The number of rotatable bonds is 4. The summed E-state index contributed by atoms with van der Waals surface area (Å²) in [5.74, 6) is 0. The van der Waals surface area contributed by atoms with Crippen LogP contribution in [-0.4, -0.2) is 26.1 Å². The van der Waals surface area contributed by atoms with Crippen molar-refractivity contribution in [2.45, 2.75) is 4.90 Å². The van der Waals surface area contributed by atoms with Crippen LogP contribution in [0.4, 0.5) is 22.2 Å². The highest BCUT2D eigenvalue weighted by Crippen LogP contribution is 2.39. The second-order valence-corrected chi connectivity index (χ2v) is 5.34. The van der Waals surface area contributed by atoms with E-state index in [2.05, 4.69) is 33.1 Å². The average molecular weight is 280 g/mol. The molecule has 0 atom stereocenters. The summed E-state index contributed by atoms with van der Waals surface area (Å²) in [5.41, 5.74) is 3.05. The Hall–Kier alpha value is -1.40. The molecule has 0 aliphatic rings. The second kappa shape index (κ2) is 5.49. The normalized spacial score (nSPS) is 10.2. The predicted molar refractivity (Wildman–Crippen MR) is 83.0 cm³/mol. The number of nitrogens with one attached hydrogen (secondary N) is 2. The average Bonchev–Trinajstić information content (AvgIpc) is 2.82. The minimum atomic E-state index is 0.869. The smallest absolute Gasteiger partial charge is 0.187 e. The predicted octanol–water partition coefficient (Wildman–Crippen LogP) is 3.28. The Morgan fingerprint density at radius 2 is 2.06 bits per heavy atom. The largest absolute Gasteiger partial charge is 0.385 e. The van der Waals surface area contributed by atoms with E-state index in [1.807, 2.05) is 38.7 Å². The molecule has 6 heteroatoms. The summed E-state index contributed by atoms with van der Waals surface area (Å²) in [7, 11) is 5.92. The van der Waals surface area contributed by atoms with E-state index in [-0.39, 0.29) is 0 Å². The van der Waals surface area contributed by atoms with Gasteiger partial charge in [0.25, 0.3) is 0 Å².